The molecule has 0 saturated heterocycles. The van der Waals surface area contributed by atoms with Crippen LogP contribution in [0.1, 0.15) is 21.5 Å². The summed E-state index contributed by atoms with van der Waals surface area (Å²) in [6.45, 7) is 2.08. The largest absolute Gasteiger partial charge is 0.293 e. The molecular weight excluding hydrogens is 276 g/mol. The van der Waals surface area contributed by atoms with Gasteiger partial charge in [0, 0.05) is 16.3 Å². The lowest BCUT2D eigenvalue weighted by molar-refractivity contribution is 0.102. The topological polar surface area (TPSA) is 17.1 Å². The van der Waals surface area contributed by atoms with Crippen molar-refractivity contribution in [2.24, 2.45) is 0 Å². The van der Waals surface area contributed by atoms with Gasteiger partial charge >= 0.3 is 0 Å². The van der Waals surface area contributed by atoms with Crippen molar-refractivity contribution in [3.8, 4) is 0 Å². The number of Topliss-reactive ketones (excluding diaryl/α,β-unsaturated/α-hetero) is 1. The molecule has 2 aromatic rings. The molecule has 0 aliphatic carbocycles. The molecule has 0 fully saturated rings. The van der Waals surface area contributed by atoms with E-state index in [9.17, 15) is 4.79 Å². The Morgan fingerprint density at radius 2 is 1.89 bits per heavy atom. The molecule has 0 N–H and O–H groups in total. The Kier molecular flexibility index (Phi) is 5.06. The lowest BCUT2D eigenvalue weighted by Gasteiger charge is -2.03. The van der Waals surface area contributed by atoms with E-state index < -0.39 is 0 Å². The Morgan fingerprint density at radius 1 is 1.16 bits per heavy atom. The second kappa shape index (κ2) is 6.78. The molecule has 0 aliphatic rings. The molecular formula is C16H15ClOS. The molecule has 0 amide bonds. The highest BCUT2D eigenvalue weighted by Crippen LogP contribution is 2.16. The maximum Gasteiger partial charge on any atom is 0.172 e. The number of thioether (sulfide) groups is 1. The van der Waals surface area contributed by atoms with E-state index in [0.29, 0.717) is 10.8 Å². The number of hydrogen-bond donors (Lipinski definition) is 0. The lowest BCUT2D eigenvalue weighted by Crippen LogP contribution is -2.02. The summed E-state index contributed by atoms with van der Waals surface area (Å²) in [7, 11) is 0. The number of hydrogen-bond acceptors (Lipinski definition) is 2. The van der Waals surface area contributed by atoms with Crippen molar-refractivity contribution in [1.29, 1.82) is 0 Å². The number of benzene rings is 2. The van der Waals surface area contributed by atoms with Gasteiger partial charge in [0.15, 0.2) is 5.78 Å². The molecule has 0 atom stereocenters. The fourth-order valence-electron chi connectivity index (χ4n) is 1.78. The van der Waals surface area contributed by atoms with Crippen LogP contribution in [0.4, 0.5) is 0 Å². The van der Waals surface area contributed by atoms with E-state index in [1.54, 1.807) is 36.0 Å². The molecule has 1 nitrogen and oxygen atoms in total. The van der Waals surface area contributed by atoms with E-state index in [0.717, 1.165) is 11.3 Å². The predicted molar refractivity (Wildman–Crippen MR) is 83.1 cm³/mol. The Morgan fingerprint density at radius 3 is 2.58 bits per heavy atom. The van der Waals surface area contributed by atoms with Crippen LogP contribution in [-0.2, 0) is 5.75 Å². The van der Waals surface area contributed by atoms with E-state index in [-0.39, 0.29) is 5.78 Å². The number of aryl methyl sites for hydroxylation is 1. The van der Waals surface area contributed by atoms with Crippen LogP contribution in [0.15, 0.2) is 48.5 Å². The number of carbonyl (C=O) groups is 1. The molecule has 2 aromatic carbocycles. The second-order valence-electron chi connectivity index (χ2n) is 4.41. The summed E-state index contributed by atoms with van der Waals surface area (Å²) < 4.78 is 0. The van der Waals surface area contributed by atoms with Crippen LogP contribution in [-0.4, -0.2) is 11.5 Å². The smallest absolute Gasteiger partial charge is 0.172 e. The third-order valence-electron chi connectivity index (χ3n) is 2.75. The normalized spacial score (nSPS) is 10.4. The summed E-state index contributed by atoms with van der Waals surface area (Å²) in [5.41, 5.74) is 3.23. The fraction of sp³-hybridized carbons (Fsp3) is 0.188. The highest BCUT2D eigenvalue weighted by molar-refractivity contribution is 7.99. The van der Waals surface area contributed by atoms with E-state index >= 15 is 0 Å². The van der Waals surface area contributed by atoms with Gasteiger partial charge in [-0.3, -0.25) is 4.79 Å². The molecule has 98 valence electrons. The molecule has 0 heterocycles. The van der Waals surface area contributed by atoms with E-state index in [1.807, 2.05) is 6.07 Å². The van der Waals surface area contributed by atoms with Crippen LogP contribution in [0, 0.1) is 6.92 Å². The predicted octanol–water partition coefficient (Wildman–Crippen LogP) is 4.76. The zero-order valence-electron chi connectivity index (χ0n) is 10.7. The Balaban J connectivity index is 1.86. The summed E-state index contributed by atoms with van der Waals surface area (Å²) in [6, 6.07) is 15.4. The summed E-state index contributed by atoms with van der Waals surface area (Å²) in [5, 5.41) is 0.656. The van der Waals surface area contributed by atoms with Gasteiger partial charge in [-0.1, -0.05) is 41.4 Å². The van der Waals surface area contributed by atoms with Crippen molar-refractivity contribution in [1.82, 2.24) is 0 Å². The quantitative estimate of drug-likeness (QED) is 0.738. The van der Waals surface area contributed by atoms with Crippen LogP contribution in [0.3, 0.4) is 0 Å². The average Bonchev–Trinajstić information content (AvgIpc) is 2.39. The van der Waals surface area contributed by atoms with Gasteiger partial charge in [-0.25, -0.2) is 0 Å². The summed E-state index contributed by atoms with van der Waals surface area (Å²) in [4.78, 5) is 11.9. The van der Waals surface area contributed by atoms with Crippen molar-refractivity contribution >= 4 is 29.1 Å². The first kappa shape index (κ1) is 14.2. The van der Waals surface area contributed by atoms with E-state index in [4.69, 9.17) is 11.6 Å². The van der Waals surface area contributed by atoms with Crippen LogP contribution < -0.4 is 0 Å². The van der Waals surface area contributed by atoms with E-state index in [2.05, 4.69) is 25.1 Å². The molecule has 0 bridgehead atoms. The summed E-state index contributed by atoms with van der Waals surface area (Å²) in [6.07, 6.45) is 0. The molecule has 19 heavy (non-hydrogen) atoms. The second-order valence-corrected chi connectivity index (χ2v) is 5.83. The molecule has 0 unspecified atom stereocenters. The van der Waals surface area contributed by atoms with Gasteiger partial charge < -0.3 is 0 Å². The van der Waals surface area contributed by atoms with Crippen molar-refractivity contribution in [3.63, 3.8) is 0 Å². The number of ketones is 1. The molecule has 2 rings (SSSR count). The van der Waals surface area contributed by atoms with Crippen molar-refractivity contribution in [3.05, 3.63) is 70.2 Å². The fourth-order valence-corrected chi connectivity index (χ4v) is 2.78. The standard InChI is InChI=1S/C16H15ClOS/c1-12-3-2-4-13(9-12)10-19-11-16(18)14-5-7-15(17)8-6-14/h2-9H,10-11H2,1H3. The maximum absolute atomic E-state index is 11.9. The van der Waals surface area contributed by atoms with Crippen molar-refractivity contribution in [2.45, 2.75) is 12.7 Å². The SMILES string of the molecule is Cc1cccc(CSCC(=O)c2ccc(Cl)cc2)c1. The van der Waals surface area contributed by atoms with Crippen LogP contribution in [0.2, 0.25) is 5.02 Å². The first-order valence-electron chi connectivity index (χ1n) is 6.07. The van der Waals surface area contributed by atoms with Gasteiger partial charge in [-0.2, -0.15) is 0 Å². The lowest BCUT2D eigenvalue weighted by atomic mass is 10.1. The molecule has 0 radical (unpaired) electrons. The highest BCUT2D eigenvalue weighted by atomic mass is 35.5. The Bertz CT molecular complexity index is 563. The molecule has 0 aliphatic heterocycles. The third-order valence-corrected chi connectivity index (χ3v) is 4.01. The van der Waals surface area contributed by atoms with E-state index in [1.165, 1.54) is 11.1 Å². The third kappa shape index (κ3) is 4.41. The van der Waals surface area contributed by atoms with Gasteiger partial charge in [-0.05, 0) is 36.8 Å². The molecule has 3 heteroatoms. The first-order chi connectivity index (χ1) is 9.15. The van der Waals surface area contributed by atoms with Crippen LogP contribution >= 0.6 is 23.4 Å². The average molecular weight is 291 g/mol. The minimum Gasteiger partial charge on any atom is -0.293 e. The minimum atomic E-state index is 0.148. The Labute approximate surface area is 123 Å². The number of halogens is 1. The molecule has 0 saturated carbocycles. The number of carbonyl (C=O) groups excluding carboxylic acids is 1. The monoisotopic (exact) mass is 290 g/mol. The molecule has 0 spiro atoms. The van der Waals surface area contributed by atoms with Gasteiger partial charge in [0.05, 0.1) is 5.75 Å². The van der Waals surface area contributed by atoms with Gasteiger partial charge in [-0.15, -0.1) is 11.8 Å². The molecule has 0 aromatic heterocycles. The Hall–Kier alpha value is -1.25. The summed E-state index contributed by atoms with van der Waals surface area (Å²) >= 11 is 7.44. The van der Waals surface area contributed by atoms with Crippen LogP contribution in [0.5, 0.6) is 0 Å². The zero-order valence-corrected chi connectivity index (χ0v) is 12.3. The maximum atomic E-state index is 11.9. The van der Waals surface area contributed by atoms with Gasteiger partial charge in [0.1, 0.15) is 0 Å². The van der Waals surface area contributed by atoms with Gasteiger partial charge in [0.2, 0.25) is 0 Å². The number of rotatable bonds is 5. The zero-order chi connectivity index (χ0) is 13.7. The van der Waals surface area contributed by atoms with Crippen molar-refractivity contribution < 1.29 is 4.79 Å². The minimum absolute atomic E-state index is 0.148. The summed E-state index contributed by atoms with van der Waals surface area (Å²) in [5.74, 6) is 1.51. The van der Waals surface area contributed by atoms with Crippen molar-refractivity contribution in [2.75, 3.05) is 5.75 Å². The van der Waals surface area contributed by atoms with Crippen LogP contribution in [0.25, 0.3) is 0 Å². The highest BCUT2D eigenvalue weighted by Gasteiger charge is 2.05. The first-order valence-corrected chi connectivity index (χ1v) is 7.60. The van der Waals surface area contributed by atoms with Gasteiger partial charge in [0.25, 0.3) is 0 Å².